The van der Waals surface area contributed by atoms with Crippen LogP contribution in [0.2, 0.25) is 0 Å². The summed E-state index contributed by atoms with van der Waals surface area (Å²) in [5.41, 5.74) is -2.07. The number of ether oxygens (including phenoxy) is 10. The Balaban J connectivity index is 0.850. The fraction of sp³-hybridized carbons (Fsp3) is 0.949. The summed E-state index contributed by atoms with van der Waals surface area (Å²) in [6, 6.07) is 0. The molecule has 27 nitrogen and oxygen atoms in total. The molecule has 0 bridgehead atoms. The van der Waals surface area contributed by atoms with Gasteiger partial charge in [-0.3, -0.25) is 4.79 Å². The molecule has 10 rings (SSSR count). The summed E-state index contributed by atoms with van der Waals surface area (Å²) in [6.07, 6.45) is -31.7. The molecule has 9 fully saturated rings. The Morgan fingerprint density at radius 2 is 1.09 bits per heavy atom. The smallest absolute Gasteiger partial charge is 0.315 e. The minimum Gasteiger partial charge on any atom is -0.432 e. The third-order valence-corrected chi connectivity index (χ3v) is 23.3. The van der Waals surface area contributed by atoms with Crippen LogP contribution in [0.5, 0.6) is 0 Å². The number of carbonyl (C=O) groups excluding carboxylic acids is 1. The molecule has 27 heteroatoms. The molecule has 33 atom stereocenters. The maximum Gasteiger partial charge on any atom is 0.315 e. The first-order chi connectivity index (χ1) is 40.4. The summed E-state index contributed by atoms with van der Waals surface area (Å²) in [4.78, 5) is 15.1. The summed E-state index contributed by atoms with van der Waals surface area (Å²) in [5, 5.41) is 173. The van der Waals surface area contributed by atoms with Crippen molar-refractivity contribution < 1.29 is 134 Å². The minimum atomic E-state index is -1.91. The molecular weight excluding hydrogens is 1140 g/mol. The summed E-state index contributed by atoms with van der Waals surface area (Å²) >= 11 is 0. The summed E-state index contributed by atoms with van der Waals surface area (Å²) < 4.78 is 59.7. The maximum atomic E-state index is 15.1. The lowest BCUT2D eigenvalue weighted by Crippen LogP contribution is -2.67. The second kappa shape index (κ2) is 24.9. The van der Waals surface area contributed by atoms with Crippen molar-refractivity contribution in [2.24, 2.45) is 50.2 Å². The van der Waals surface area contributed by atoms with E-state index in [0.29, 0.717) is 57.8 Å². The van der Waals surface area contributed by atoms with E-state index >= 15 is 4.79 Å². The second-order valence-electron chi connectivity index (χ2n) is 28.5. The monoisotopic (exact) mass is 1240 g/mol. The molecule has 0 radical (unpaired) electrons. The first-order valence-electron chi connectivity index (χ1n) is 30.8. The molecule has 10 aliphatic rings. The molecule has 16 N–H and O–H groups in total. The minimum absolute atomic E-state index is 0.0885. The van der Waals surface area contributed by atoms with Gasteiger partial charge in [0.25, 0.3) is 0 Å². The van der Waals surface area contributed by atoms with Crippen molar-refractivity contribution in [1.82, 2.24) is 0 Å². The van der Waals surface area contributed by atoms with Crippen LogP contribution in [0.1, 0.15) is 113 Å². The fourth-order valence-electron chi connectivity index (χ4n) is 17.7. The van der Waals surface area contributed by atoms with E-state index in [2.05, 4.69) is 40.7 Å². The van der Waals surface area contributed by atoms with Crippen LogP contribution < -0.4 is 0 Å². The number of allylic oxidation sites excluding steroid dienone is 2. The summed E-state index contributed by atoms with van der Waals surface area (Å²) in [7, 11) is 0. The molecule has 0 spiro atoms. The molecule has 0 amide bonds. The van der Waals surface area contributed by atoms with Crippen LogP contribution >= 0.6 is 0 Å². The van der Waals surface area contributed by atoms with Gasteiger partial charge in [-0.2, -0.15) is 0 Å². The van der Waals surface area contributed by atoms with Crippen LogP contribution in [-0.4, -0.2) is 274 Å². The van der Waals surface area contributed by atoms with Gasteiger partial charge < -0.3 is 129 Å². The van der Waals surface area contributed by atoms with E-state index in [9.17, 15) is 81.7 Å². The first kappa shape index (κ1) is 67.1. The lowest BCUT2D eigenvalue weighted by molar-refractivity contribution is -0.383. The maximum absolute atomic E-state index is 15.1. The highest BCUT2D eigenvalue weighted by atomic mass is 16.8. The number of aliphatic hydroxyl groups is 16. The Labute approximate surface area is 499 Å². The van der Waals surface area contributed by atoms with Crippen molar-refractivity contribution >= 4 is 5.97 Å². The lowest BCUT2D eigenvalue weighted by atomic mass is 9.33. The predicted octanol–water partition coefficient (Wildman–Crippen LogP) is -3.57. The Morgan fingerprint density at radius 1 is 0.535 bits per heavy atom. The van der Waals surface area contributed by atoms with Gasteiger partial charge in [-0.25, -0.2) is 0 Å². The van der Waals surface area contributed by atoms with Gasteiger partial charge in [0.15, 0.2) is 25.2 Å². The molecule has 494 valence electrons. The third kappa shape index (κ3) is 11.1. The van der Waals surface area contributed by atoms with Gasteiger partial charge in [0.05, 0.1) is 50.7 Å². The van der Waals surface area contributed by atoms with Crippen LogP contribution in [-0.2, 0) is 52.2 Å². The van der Waals surface area contributed by atoms with E-state index in [-0.39, 0.29) is 47.2 Å². The highest BCUT2D eigenvalue weighted by Crippen LogP contribution is 2.76. The van der Waals surface area contributed by atoms with Crippen molar-refractivity contribution in [2.75, 3.05) is 33.0 Å². The number of carbonyl (C=O) groups is 1. The average Bonchev–Trinajstić information content (AvgIpc) is 0.694. The SMILES string of the molecule is C[C@@H]1O[C@@H](O[C@H]2[C@H](O[C@H]3CC[C@@]4(C)[C@H](CC[C@]5(C)[C@H]4CC=C4[C@@H]6CC(C)(C)CC[C@]6(C(=O)O[C@@H]6O[C@H](CO)[C@@H](O[C@@H]7O[C@H](CO)[C@@H](O)[C@H](O)[C@H]7O)[C@H](O)[C@H]6O)CC[C@]45C)[C@]3(C)CO)OC[C@H](O)[C@@H]2O)[C@H](O)[C@H](O[C@@H]2O[C@H](CO)[C@@H](O)[C@H](O)[C@H]2O)[C@H]1O. The highest BCUT2D eigenvalue weighted by molar-refractivity contribution is 5.79. The van der Waals surface area contributed by atoms with Crippen molar-refractivity contribution in [1.29, 1.82) is 0 Å². The fourth-order valence-corrected chi connectivity index (χ4v) is 17.7. The van der Waals surface area contributed by atoms with Crippen LogP contribution in [0.25, 0.3) is 0 Å². The zero-order valence-corrected chi connectivity index (χ0v) is 50.0. The van der Waals surface area contributed by atoms with Gasteiger partial charge in [0.2, 0.25) is 6.29 Å². The molecule has 5 heterocycles. The van der Waals surface area contributed by atoms with Crippen LogP contribution in [0.3, 0.4) is 0 Å². The van der Waals surface area contributed by atoms with Crippen molar-refractivity contribution in [2.45, 2.75) is 266 Å². The van der Waals surface area contributed by atoms with Crippen molar-refractivity contribution in [3.63, 3.8) is 0 Å². The quantitative estimate of drug-likeness (QED) is 0.0454. The highest BCUT2D eigenvalue weighted by Gasteiger charge is 2.71. The van der Waals surface area contributed by atoms with Gasteiger partial charge in [-0.15, -0.1) is 0 Å². The van der Waals surface area contributed by atoms with Gasteiger partial charge in [0.1, 0.15) is 110 Å². The summed E-state index contributed by atoms with van der Waals surface area (Å²) in [5.74, 6) is -0.929. The standard InChI is InChI=1S/C59H96O27/c1-24-34(65)46(84-49-42(73)39(70)37(68)29(20-61)80-49)44(75)51(78-24)85-47-35(66)27(64)22-77-52(47)82-33-11-12-55(4)31(56(33,5)23-63)10-13-58(7)32(55)9-8-25-26-18-54(2,3)14-16-59(26,17-15-57(25,58)6)53(76)86-50-43(74)40(71)45(30(21-62)81-50)83-48-41(72)38(69)36(67)28(19-60)79-48/h8,24,26-52,60-75H,9-23H2,1-7H3/t24-,26-,27-,28+,29+,30+,31-,32-,33-,34-,35-,36+,37+,38-,39-,40+,41+,42+,43+,44+,45+,46+,47+,48-,49-,50-,51-,52-,55-,56-,57+,58+,59-/m0/s1. The second-order valence-corrected chi connectivity index (χ2v) is 28.5. The van der Waals surface area contributed by atoms with Gasteiger partial charge in [-0.1, -0.05) is 53.2 Å². The van der Waals surface area contributed by atoms with E-state index in [1.807, 2.05) is 6.92 Å². The topological polar surface area (TPSA) is 433 Å². The van der Waals surface area contributed by atoms with Crippen LogP contribution in [0, 0.1) is 50.2 Å². The molecule has 0 unspecified atom stereocenters. The number of hydrogen-bond acceptors (Lipinski definition) is 27. The molecule has 0 aromatic heterocycles. The molecule has 86 heavy (non-hydrogen) atoms. The number of hydrogen-bond donors (Lipinski definition) is 16. The molecule has 4 saturated carbocycles. The Hall–Kier alpha value is -1.79. The number of esters is 1. The molecule has 5 aliphatic heterocycles. The molecular formula is C59H96O27. The van der Waals surface area contributed by atoms with Crippen LogP contribution in [0.4, 0.5) is 0 Å². The van der Waals surface area contributed by atoms with Crippen molar-refractivity contribution in [3.05, 3.63) is 11.6 Å². The van der Waals surface area contributed by atoms with Gasteiger partial charge in [-0.05, 0) is 111 Å². The zero-order valence-electron chi connectivity index (χ0n) is 50.0. The summed E-state index contributed by atoms with van der Waals surface area (Å²) in [6.45, 7) is 11.8. The predicted molar refractivity (Wildman–Crippen MR) is 289 cm³/mol. The number of rotatable bonds is 14. The van der Waals surface area contributed by atoms with E-state index in [4.69, 9.17) is 47.4 Å². The Morgan fingerprint density at radius 3 is 1.70 bits per heavy atom. The Kier molecular flexibility index (Phi) is 19.4. The number of fused-ring (bicyclic) bond motifs is 7. The normalized spacial score (nSPS) is 54.8. The number of aliphatic hydroxyl groups excluding tert-OH is 16. The van der Waals surface area contributed by atoms with Gasteiger partial charge in [0, 0.05) is 5.41 Å². The molecule has 5 saturated heterocycles. The Bertz CT molecular complexity index is 2380. The average molecular weight is 1240 g/mol. The molecule has 0 aromatic rings. The zero-order chi connectivity index (χ0) is 62.7. The molecule has 0 aromatic carbocycles. The first-order valence-corrected chi connectivity index (χ1v) is 30.8. The third-order valence-electron chi connectivity index (χ3n) is 23.3. The largest absolute Gasteiger partial charge is 0.432 e. The van der Waals surface area contributed by atoms with Crippen LogP contribution in [0.15, 0.2) is 11.6 Å². The van der Waals surface area contributed by atoms with E-state index in [1.54, 1.807) is 0 Å². The van der Waals surface area contributed by atoms with Crippen molar-refractivity contribution in [3.8, 4) is 0 Å². The van der Waals surface area contributed by atoms with Gasteiger partial charge >= 0.3 is 5.97 Å². The van der Waals surface area contributed by atoms with E-state index < -0.39 is 196 Å². The molecule has 5 aliphatic carbocycles. The van der Waals surface area contributed by atoms with E-state index in [0.717, 1.165) is 6.42 Å². The lowest BCUT2D eigenvalue weighted by Gasteiger charge is -2.71. The van der Waals surface area contributed by atoms with E-state index in [1.165, 1.54) is 12.5 Å².